The van der Waals surface area contributed by atoms with E-state index >= 15 is 0 Å². The van der Waals surface area contributed by atoms with Gasteiger partial charge in [0.2, 0.25) is 0 Å². The van der Waals surface area contributed by atoms with E-state index in [2.05, 4.69) is 17.1 Å². The summed E-state index contributed by atoms with van der Waals surface area (Å²) in [5.41, 5.74) is 0. The van der Waals surface area contributed by atoms with E-state index in [9.17, 15) is 0 Å². The van der Waals surface area contributed by atoms with Gasteiger partial charge in [0.25, 0.3) is 0 Å². The van der Waals surface area contributed by atoms with Gasteiger partial charge in [0.1, 0.15) is 0 Å². The van der Waals surface area contributed by atoms with E-state index in [4.69, 9.17) is 4.74 Å². The van der Waals surface area contributed by atoms with Gasteiger partial charge in [-0.15, -0.1) is 0 Å². The molecular formula is C14H28N2O. The molecule has 2 aliphatic rings. The second-order valence-electron chi connectivity index (χ2n) is 5.48. The van der Waals surface area contributed by atoms with Crippen molar-refractivity contribution < 1.29 is 4.74 Å². The third kappa shape index (κ3) is 4.57. The maximum Gasteiger partial charge on any atom is 0.0826 e. The summed E-state index contributed by atoms with van der Waals surface area (Å²) in [6.45, 7) is 7.56. The Labute approximate surface area is 106 Å². The first-order valence-corrected chi connectivity index (χ1v) is 7.46. The molecule has 1 aliphatic carbocycles. The summed E-state index contributed by atoms with van der Waals surface area (Å²) in [4.78, 5) is 2.49. The van der Waals surface area contributed by atoms with Crippen LogP contribution in [0.2, 0.25) is 0 Å². The largest absolute Gasteiger partial charge is 0.374 e. The number of nitrogens with zero attached hydrogens (tertiary/aromatic N) is 1. The minimum Gasteiger partial charge on any atom is -0.374 e. The van der Waals surface area contributed by atoms with Crippen LogP contribution in [0, 0.1) is 0 Å². The first-order valence-electron chi connectivity index (χ1n) is 7.46. The van der Waals surface area contributed by atoms with Gasteiger partial charge in [-0.05, 0) is 19.4 Å². The summed E-state index contributed by atoms with van der Waals surface area (Å²) in [7, 11) is 0. The first-order chi connectivity index (χ1) is 8.38. The highest BCUT2D eigenvalue weighted by Crippen LogP contribution is 2.17. The van der Waals surface area contributed by atoms with Crippen molar-refractivity contribution in [2.75, 3.05) is 32.8 Å². The van der Waals surface area contributed by atoms with Crippen molar-refractivity contribution in [2.45, 2.75) is 57.6 Å². The van der Waals surface area contributed by atoms with Crippen molar-refractivity contribution in [3.8, 4) is 0 Å². The Morgan fingerprint density at radius 2 is 1.94 bits per heavy atom. The Balaban J connectivity index is 1.66. The monoisotopic (exact) mass is 240 g/mol. The molecule has 1 aliphatic heterocycles. The van der Waals surface area contributed by atoms with E-state index in [1.165, 1.54) is 38.5 Å². The zero-order valence-corrected chi connectivity index (χ0v) is 11.3. The van der Waals surface area contributed by atoms with E-state index in [0.29, 0.717) is 6.10 Å². The van der Waals surface area contributed by atoms with E-state index in [-0.39, 0.29) is 0 Å². The van der Waals surface area contributed by atoms with Crippen LogP contribution < -0.4 is 5.32 Å². The molecule has 0 amide bonds. The fourth-order valence-corrected chi connectivity index (χ4v) is 2.97. The van der Waals surface area contributed by atoms with Gasteiger partial charge in [0.05, 0.1) is 12.7 Å². The smallest absolute Gasteiger partial charge is 0.0826 e. The van der Waals surface area contributed by atoms with Gasteiger partial charge in [0.15, 0.2) is 0 Å². The summed E-state index contributed by atoms with van der Waals surface area (Å²) >= 11 is 0. The molecule has 100 valence electrons. The molecule has 3 nitrogen and oxygen atoms in total. The number of ether oxygens (including phenoxy) is 1. The fourth-order valence-electron chi connectivity index (χ4n) is 2.97. The van der Waals surface area contributed by atoms with E-state index in [1.807, 2.05) is 0 Å². The molecule has 1 saturated heterocycles. The van der Waals surface area contributed by atoms with Crippen molar-refractivity contribution in [1.82, 2.24) is 10.2 Å². The van der Waals surface area contributed by atoms with Crippen LogP contribution >= 0.6 is 0 Å². The molecule has 1 saturated carbocycles. The Hall–Kier alpha value is -0.120. The third-order valence-electron chi connectivity index (χ3n) is 4.16. The van der Waals surface area contributed by atoms with Gasteiger partial charge in [0, 0.05) is 25.7 Å². The van der Waals surface area contributed by atoms with Crippen LogP contribution in [0.4, 0.5) is 0 Å². The molecule has 2 rings (SSSR count). The molecule has 0 bridgehead atoms. The van der Waals surface area contributed by atoms with Crippen molar-refractivity contribution >= 4 is 0 Å². The molecule has 1 N–H and O–H groups in total. The first kappa shape index (κ1) is 13.3. The number of hydrogen-bond acceptors (Lipinski definition) is 3. The number of nitrogens with one attached hydrogen (secondary N) is 1. The predicted octanol–water partition coefficient (Wildman–Crippen LogP) is 2.02. The quantitative estimate of drug-likeness (QED) is 0.761. The molecule has 2 fully saturated rings. The number of rotatable bonds is 4. The Morgan fingerprint density at radius 3 is 2.65 bits per heavy atom. The highest BCUT2D eigenvalue weighted by Gasteiger charge is 2.20. The van der Waals surface area contributed by atoms with E-state index in [1.54, 1.807) is 0 Å². The minimum atomic E-state index is 0.409. The molecule has 0 aromatic carbocycles. The average Bonchev–Trinajstić information content (AvgIpc) is 2.65. The van der Waals surface area contributed by atoms with Gasteiger partial charge in [-0.1, -0.05) is 32.6 Å². The Morgan fingerprint density at radius 1 is 1.18 bits per heavy atom. The van der Waals surface area contributed by atoms with Crippen LogP contribution in [-0.4, -0.2) is 49.8 Å². The van der Waals surface area contributed by atoms with Crippen molar-refractivity contribution in [2.24, 2.45) is 0 Å². The lowest BCUT2D eigenvalue weighted by Crippen LogP contribution is -2.48. The van der Waals surface area contributed by atoms with Gasteiger partial charge in [-0.3, -0.25) is 4.90 Å². The number of morpholine rings is 1. The summed E-state index contributed by atoms with van der Waals surface area (Å²) in [6.07, 6.45) is 8.82. The average molecular weight is 240 g/mol. The zero-order valence-electron chi connectivity index (χ0n) is 11.3. The lowest BCUT2D eigenvalue weighted by molar-refractivity contribution is -0.0265. The predicted molar refractivity (Wildman–Crippen MR) is 71.3 cm³/mol. The standard InChI is InChI=1S/C14H28N2O/c1-2-16-9-10-17-14(12-16)11-15-13-7-5-3-4-6-8-13/h13-15H,2-12H2,1H3. The third-order valence-corrected chi connectivity index (χ3v) is 4.16. The molecule has 0 aromatic rings. The van der Waals surface area contributed by atoms with E-state index in [0.717, 1.165) is 38.8 Å². The maximum atomic E-state index is 5.83. The Kier molecular flexibility index (Phi) is 5.75. The molecule has 1 heterocycles. The lowest BCUT2D eigenvalue weighted by Gasteiger charge is -2.33. The number of hydrogen-bond donors (Lipinski definition) is 1. The zero-order chi connectivity index (χ0) is 11.9. The van der Waals surface area contributed by atoms with Gasteiger partial charge in [-0.2, -0.15) is 0 Å². The highest BCUT2D eigenvalue weighted by atomic mass is 16.5. The fraction of sp³-hybridized carbons (Fsp3) is 1.00. The Bertz CT molecular complexity index is 202. The minimum absolute atomic E-state index is 0.409. The highest BCUT2D eigenvalue weighted by molar-refractivity contribution is 4.77. The van der Waals surface area contributed by atoms with Crippen molar-refractivity contribution in [3.63, 3.8) is 0 Å². The van der Waals surface area contributed by atoms with Crippen molar-refractivity contribution in [3.05, 3.63) is 0 Å². The molecule has 3 heteroatoms. The second-order valence-corrected chi connectivity index (χ2v) is 5.48. The van der Waals surface area contributed by atoms with Crippen LogP contribution in [0.5, 0.6) is 0 Å². The summed E-state index contributed by atoms with van der Waals surface area (Å²) < 4.78 is 5.83. The molecule has 1 atom stereocenters. The van der Waals surface area contributed by atoms with Gasteiger partial charge < -0.3 is 10.1 Å². The maximum absolute atomic E-state index is 5.83. The van der Waals surface area contributed by atoms with Crippen LogP contribution in [0.15, 0.2) is 0 Å². The van der Waals surface area contributed by atoms with Crippen LogP contribution in [-0.2, 0) is 4.74 Å². The molecular weight excluding hydrogens is 212 g/mol. The van der Waals surface area contributed by atoms with Crippen molar-refractivity contribution in [1.29, 1.82) is 0 Å². The normalized spacial score (nSPS) is 29.1. The summed E-state index contributed by atoms with van der Waals surface area (Å²) in [5, 5.41) is 3.72. The number of likely N-dealkylation sites (N-methyl/N-ethyl adjacent to an activating group) is 1. The summed E-state index contributed by atoms with van der Waals surface area (Å²) in [5.74, 6) is 0. The summed E-state index contributed by atoms with van der Waals surface area (Å²) in [6, 6.07) is 0.748. The lowest BCUT2D eigenvalue weighted by atomic mass is 10.1. The molecule has 0 radical (unpaired) electrons. The van der Waals surface area contributed by atoms with Crippen LogP contribution in [0.1, 0.15) is 45.4 Å². The van der Waals surface area contributed by atoms with Crippen LogP contribution in [0.25, 0.3) is 0 Å². The molecule has 0 aromatic heterocycles. The molecule has 1 unspecified atom stereocenters. The molecule has 0 spiro atoms. The topological polar surface area (TPSA) is 24.5 Å². The van der Waals surface area contributed by atoms with Gasteiger partial charge >= 0.3 is 0 Å². The SMILES string of the molecule is CCN1CCOC(CNC2CCCCCC2)C1. The second kappa shape index (κ2) is 7.34. The van der Waals surface area contributed by atoms with Crippen LogP contribution in [0.3, 0.4) is 0 Å². The van der Waals surface area contributed by atoms with E-state index < -0.39 is 0 Å². The van der Waals surface area contributed by atoms with Gasteiger partial charge in [-0.25, -0.2) is 0 Å². The molecule has 17 heavy (non-hydrogen) atoms.